The maximum Gasteiger partial charge on any atom is 0.255 e. The average Bonchev–Trinajstić information content (AvgIpc) is 2.40. The number of sulfonamides is 1. The van der Waals surface area contributed by atoms with E-state index in [9.17, 15) is 13.2 Å². The van der Waals surface area contributed by atoms with E-state index in [0.29, 0.717) is 16.8 Å². The molecule has 0 unspecified atom stereocenters. The van der Waals surface area contributed by atoms with Crippen molar-refractivity contribution in [3.8, 4) is 0 Å². The average molecular weight is 304 g/mol. The van der Waals surface area contributed by atoms with E-state index in [-0.39, 0.29) is 10.8 Å². The van der Waals surface area contributed by atoms with Gasteiger partial charge in [0.15, 0.2) is 0 Å². The van der Waals surface area contributed by atoms with Gasteiger partial charge in [0.1, 0.15) is 0 Å². The number of primary sulfonamides is 1. The van der Waals surface area contributed by atoms with E-state index in [1.54, 1.807) is 19.1 Å². The first-order valence-electron chi connectivity index (χ1n) is 6.29. The summed E-state index contributed by atoms with van der Waals surface area (Å²) in [6.45, 7) is 3.65. The van der Waals surface area contributed by atoms with E-state index >= 15 is 0 Å². The number of nitrogens with two attached hydrogens (primary N) is 1. The molecule has 0 aromatic heterocycles. The molecule has 21 heavy (non-hydrogen) atoms. The van der Waals surface area contributed by atoms with E-state index < -0.39 is 10.0 Å². The Morgan fingerprint density at radius 3 is 2.19 bits per heavy atom. The first-order chi connectivity index (χ1) is 9.77. The van der Waals surface area contributed by atoms with Gasteiger partial charge in [0.05, 0.1) is 4.90 Å². The molecule has 2 aromatic carbocycles. The molecule has 0 saturated heterocycles. The van der Waals surface area contributed by atoms with Gasteiger partial charge in [-0.25, -0.2) is 13.6 Å². The predicted octanol–water partition coefficient (Wildman–Crippen LogP) is 2.20. The van der Waals surface area contributed by atoms with Crippen LogP contribution in [-0.4, -0.2) is 14.3 Å². The van der Waals surface area contributed by atoms with Crippen molar-refractivity contribution in [2.75, 3.05) is 5.32 Å². The first-order valence-corrected chi connectivity index (χ1v) is 7.83. The van der Waals surface area contributed by atoms with Crippen LogP contribution in [0.3, 0.4) is 0 Å². The summed E-state index contributed by atoms with van der Waals surface area (Å²) < 4.78 is 22.5. The highest BCUT2D eigenvalue weighted by molar-refractivity contribution is 7.89. The predicted molar refractivity (Wildman–Crippen MR) is 81.7 cm³/mol. The Balaban J connectivity index is 2.24. The number of rotatable bonds is 3. The lowest BCUT2D eigenvalue weighted by Gasteiger charge is -2.10. The fourth-order valence-corrected chi connectivity index (χ4v) is 2.45. The molecule has 0 heterocycles. The molecule has 1 amide bonds. The molecule has 2 aromatic rings. The van der Waals surface area contributed by atoms with Gasteiger partial charge in [0.2, 0.25) is 10.0 Å². The van der Waals surface area contributed by atoms with Crippen molar-refractivity contribution in [3.63, 3.8) is 0 Å². The molecule has 0 fully saturated rings. The number of hydrogen-bond donors (Lipinski definition) is 2. The van der Waals surface area contributed by atoms with Crippen molar-refractivity contribution in [2.24, 2.45) is 5.14 Å². The van der Waals surface area contributed by atoms with Crippen LogP contribution < -0.4 is 10.5 Å². The minimum atomic E-state index is -3.74. The van der Waals surface area contributed by atoms with Gasteiger partial charge in [-0.2, -0.15) is 0 Å². The number of carbonyl (C=O) groups is 1. The Morgan fingerprint density at radius 1 is 1.05 bits per heavy atom. The molecule has 0 saturated carbocycles. The minimum Gasteiger partial charge on any atom is -0.322 e. The monoisotopic (exact) mass is 304 g/mol. The molecular formula is C15H16N2O3S. The second-order valence-electron chi connectivity index (χ2n) is 4.84. The summed E-state index contributed by atoms with van der Waals surface area (Å²) in [4.78, 5) is 12.1. The molecule has 0 spiro atoms. The van der Waals surface area contributed by atoms with E-state index in [4.69, 9.17) is 5.14 Å². The Hall–Kier alpha value is -2.18. The van der Waals surface area contributed by atoms with Crippen LogP contribution in [0.25, 0.3) is 0 Å². The lowest BCUT2D eigenvalue weighted by Crippen LogP contribution is -2.15. The second-order valence-corrected chi connectivity index (χ2v) is 6.40. The van der Waals surface area contributed by atoms with Crippen LogP contribution in [0.15, 0.2) is 47.4 Å². The molecule has 3 N–H and O–H groups in total. The highest BCUT2D eigenvalue weighted by atomic mass is 32.2. The Bertz CT molecular complexity index is 781. The molecule has 0 atom stereocenters. The van der Waals surface area contributed by atoms with Crippen LogP contribution in [0, 0.1) is 13.8 Å². The number of carbonyl (C=O) groups excluding carboxylic acids is 1. The zero-order chi connectivity index (χ0) is 15.6. The van der Waals surface area contributed by atoms with Gasteiger partial charge in [-0.15, -0.1) is 0 Å². The Kier molecular flexibility index (Phi) is 4.11. The van der Waals surface area contributed by atoms with Gasteiger partial charge in [-0.1, -0.05) is 17.7 Å². The molecule has 0 bridgehead atoms. The molecule has 6 heteroatoms. The van der Waals surface area contributed by atoms with Gasteiger partial charge < -0.3 is 5.32 Å². The molecule has 5 nitrogen and oxygen atoms in total. The standard InChI is InChI=1S/C15H16N2O3S/c1-10-3-5-12(6-4-10)15(18)17-14-8-7-13(9-11(14)2)21(16,19)20/h3-9H,1-2H3,(H,17,18)(H2,16,19,20). The lowest BCUT2D eigenvalue weighted by molar-refractivity contribution is 0.102. The van der Waals surface area contributed by atoms with Crippen molar-refractivity contribution < 1.29 is 13.2 Å². The fourth-order valence-electron chi connectivity index (χ4n) is 1.85. The van der Waals surface area contributed by atoms with Gasteiger partial charge in [0, 0.05) is 11.3 Å². The topological polar surface area (TPSA) is 89.3 Å². The number of aryl methyl sites for hydroxylation is 2. The normalized spacial score (nSPS) is 11.2. The summed E-state index contributed by atoms with van der Waals surface area (Å²) in [6.07, 6.45) is 0. The first kappa shape index (κ1) is 15.2. The quantitative estimate of drug-likeness (QED) is 0.911. The maximum absolute atomic E-state index is 12.1. The molecule has 0 radical (unpaired) electrons. The lowest BCUT2D eigenvalue weighted by atomic mass is 10.1. The van der Waals surface area contributed by atoms with Crippen LogP contribution in [0.2, 0.25) is 0 Å². The highest BCUT2D eigenvalue weighted by Crippen LogP contribution is 2.19. The second kappa shape index (κ2) is 5.67. The molecular weight excluding hydrogens is 288 g/mol. The van der Waals surface area contributed by atoms with Gasteiger partial charge in [-0.3, -0.25) is 4.79 Å². The fraction of sp³-hybridized carbons (Fsp3) is 0.133. The molecule has 110 valence electrons. The van der Waals surface area contributed by atoms with Gasteiger partial charge >= 0.3 is 0 Å². The van der Waals surface area contributed by atoms with E-state index in [0.717, 1.165) is 5.56 Å². The van der Waals surface area contributed by atoms with Crippen molar-refractivity contribution in [1.82, 2.24) is 0 Å². The summed E-state index contributed by atoms with van der Waals surface area (Å²) in [5.74, 6) is -0.249. The third kappa shape index (κ3) is 3.68. The zero-order valence-corrected chi connectivity index (χ0v) is 12.6. The molecule has 2 rings (SSSR count). The van der Waals surface area contributed by atoms with Crippen molar-refractivity contribution >= 4 is 21.6 Å². The number of anilines is 1. The molecule has 0 aliphatic heterocycles. The number of benzene rings is 2. The summed E-state index contributed by atoms with van der Waals surface area (Å²) in [5.41, 5.74) is 2.78. The van der Waals surface area contributed by atoms with Crippen molar-refractivity contribution in [3.05, 3.63) is 59.2 Å². The van der Waals surface area contributed by atoms with Crippen molar-refractivity contribution in [2.45, 2.75) is 18.7 Å². The summed E-state index contributed by atoms with van der Waals surface area (Å²) >= 11 is 0. The summed E-state index contributed by atoms with van der Waals surface area (Å²) in [6, 6.07) is 11.5. The highest BCUT2D eigenvalue weighted by Gasteiger charge is 2.12. The number of nitrogens with one attached hydrogen (secondary N) is 1. The van der Waals surface area contributed by atoms with Gasteiger partial charge in [-0.05, 0) is 49.7 Å². The van der Waals surface area contributed by atoms with Crippen LogP contribution in [0.1, 0.15) is 21.5 Å². The smallest absolute Gasteiger partial charge is 0.255 e. The zero-order valence-electron chi connectivity index (χ0n) is 11.8. The van der Waals surface area contributed by atoms with E-state index in [2.05, 4.69) is 5.32 Å². The summed E-state index contributed by atoms with van der Waals surface area (Å²) in [5, 5.41) is 7.82. The SMILES string of the molecule is Cc1ccc(C(=O)Nc2ccc(S(N)(=O)=O)cc2C)cc1. The number of hydrogen-bond acceptors (Lipinski definition) is 3. The largest absolute Gasteiger partial charge is 0.322 e. The Morgan fingerprint density at radius 2 is 1.67 bits per heavy atom. The third-order valence-electron chi connectivity index (χ3n) is 3.09. The van der Waals surface area contributed by atoms with Crippen LogP contribution >= 0.6 is 0 Å². The molecule has 0 aliphatic rings. The van der Waals surface area contributed by atoms with E-state index in [1.165, 1.54) is 18.2 Å². The van der Waals surface area contributed by atoms with Gasteiger partial charge in [0.25, 0.3) is 5.91 Å². The van der Waals surface area contributed by atoms with E-state index in [1.807, 2.05) is 19.1 Å². The molecule has 0 aliphatic carbocycles. The van der Waals surface area contributed by atoms with Crippen molar-refractivity contribution in [1.29, 1.82) is 0 Å². The minimum absolute atomic E-state index is 0.0216. The Labute approximate surface area is 123 Å². The van der Waals surface area contributed by atoms with Crippen LogP contribution in [-0.2, 0) is 10.0 Å². The maximum atomic E-state index is 12.1. The number of amides is 1. The van der Waals surface area contributed by atoms with Crippen LogP contribution in [0.5, 0.6) is 0 Å². The van der Waals surface area contributed by atoms with Crippen LogP contribution in [0.4, 0.5) is 5.69 Å². The third-order valence-corrected chi connectivity index (χ3v) is 4.00. The summed E-state index contributed by atoms with van der Waals surface area (Å²) in [7, 11) is -3.74.